The highest BCUT2D eigenvalue weighted by Crippen LogP contribution is 2.17. The Morgan fingerprint density at radius 1 is 1.53 bits per heavy atom. The topological polar surface area (TPSA) is 48.0 Å². The predicted molar refractivity (Wildman–Crippen MR) is 60.2 cm³/mol. The summed E-state index contributed by atoms with van der Waals surface area (Å²) in [5.41, 5.74) is 0. The van der Waals surface area contributed by atoms with Crippen molar-refractivity contribution in [2.75, 3.05) is 26.4 Å². The Labute approximate surface area is 101 Å². The van der Waals surface area contributed by atoms with Crippen molar-refractivity contribution in [3.05, 3.63) is 0 Å². The number of terminal acetylenes is 1. The maximum atomic E-state index is 11.3. The van der Waals surface area contributed by atoms with E-state index in [9.17, 15) is 4.79 Å². The lowest BCUT2D eigenvalue weighted by molar-refractivity contribution is -0.168. The van der Waals surface area contributed by atoms with Crippen LogP contribution in [-0.4, -0.2) is 49.7 Å². The Bertz CT molecular complexity index is 306. The van der Waals surface area contributed by atoms with E-state index in [4.69, 9.17) is 20.6 Å². The number of hydrogen-bond donors (Lipinski definition) is 0. The molecule has 2 aliphatic rings. The highest BCUT2D eigenvalue weighted by Gasteiger charge is 2.33. The van der Waals surface area contributed by atoms with Crippen LogP contribution in [0.25, 0.3) is 0 Å². The molecule has 2 fully saturated rings. The van der Waals surface area contributed by atoms with Crippen LogP contribution in [0.5, 0.6) is 0 Å². The second kappa shape index (κ2) is 5.89. The molecule has 0 N–H and O–H groups in total. The maximum absolute atomic E-state index is 11.3. The van der Waals surface area contributed by atoms with Crippen molar-refractivity contribution in [2.45, 2.75) is 31.6 Å². The van der Waals surface area contributed by atoms with Gasteiger partial charge in [-0.2, -0.15) is 0 Å². The molecule has 1 amide bonds. The van der Waals surface area contributed by atoms with Gasteiger partial charge < -0.3 is 14.2 Å². The van der Waals surface area contributed by atoms with Gasteiger partial charge in [-0.25, -0.2) is 4.79 Å². The average Bonchev–Trinajstić information content (AvgIpc) is 2.70. The number of carbonyl (C=O) groups is 1. The molecule has 2 saturated heterocycles. The van der Waals surface area contributed by atoms with Gasteiger partial charge in [0.1, 0.15) is 6.61 Å². The summed E-state index contributed by atoms with van der Waals surface area (Å²) in [4.78, 5) is 12.9. The van der Waals surface area contributed by atoms with Crippen LogP contribution in [-0.2, 0) is 14.2 Å². The Morgan fingerprint density at radius 2 is 2.41 bits per heavy atom. The summed E-state index contributed by atoms with van der Waals surface area (Å²) in [6.45, 7) is 1.77. The predicted octanol–water partition coefficient (Wildman–Crippen LogP) is 0.984. The molecule has 94 valence electrons. The molecule has 0 radical (unpaired) electrons. The van der Waals surface area contributed by atoms with Crippen LogP contribution in [0, 0.1) is 12.3 Å². The zero-order chi connectivity index (χ0) is 12.1. The molecule has 0 aliphatic carbocycles. The summed E-state index contributed by atoms with van der Waals surface area (Å²) < 4.78 is 16.0. The van der Waals surface area contributed by atoms with E-state index in [0.29, 0.717) is 13.2 Å². The Balaban J connectivity index is 1.77. The summed E-state index contributed by atoms with van der Waals surface area (Å²) in [6.07, 6.45) is 7.83. The number of rotatable bonds is 4. The van der Waals surface area contributed by atoms with E-state index >= 15 is 0 Å². The van der Waals surface area contributed by atoms with Crippen LogP contribution in [0.4, 0.5) is 4.79 Å². The summed E-state index contributed by atoms with van der Waals surface area (Å²) in [5.74, 6) is 2.45. The Morgan fingerprint density at radius 3 is 3.12 bits per heavy atom. The number of ether oxygens (including phenoxy) is 3. The van der Waals surface area contributed by atoms with Crippen molar-refractivity contribution in [2.24, 2.45) is 0 Å². The molecule has 2 aliphatic heterocycles. The van der Waals surface area contributed by atoms with Gasteiger partial charge in [0.25, 0.3) is 0 Å². The van der Waals surface area contributed by atoms with Crippen molar-refractivity contribution in [1.29, 1.82) is 0 Å². The van der Waals surface area contributed by atoms with Gasteiger partial charge in [0.05, 0.1) is 19.2 Å². The van der Waals surface area contributed by atoms with E-state index in [-0.39, 0.29) is 25.0 Å². The van der Waals surface area contributed by atoms with Crippen LogP contribution >= 0.6 is 0 Å². The van der Waals surface area contributed by atoms with Gasteiger partial charge in [0, 0.05) is 6.61 Å². The maximum Gasteiger partial charge on any atom is 0.411 e. The Hall–Kier alpha value is -1.25. The van der Waals surface area contributed by atoms with Gasteiger partial charge in [-0.1, -0.05) is 5.92 Å². The lowest BCUT2D eigenvalue weighted by Crippen LogP contribution is -2.38. The molecular formula is C12H17NO4. The number of carbonyl (C=O) groups excluding carboxylic acids is 1. The molecular weight excluding hydrogens is 222 g/mol. The first-order valence-corrected chi connectivity index (χ1v) is 5.91. The molecule has 5 heteroatoms. The molecule has 0 bridgehead atoms. The third kappa shape index (κ3) is 3.11. The molecule has 5 nitrogen and oxygen atoms in total. The minimum Gasteiger partial charge on any atom is -0.447 e. The Kier molecular flexibility index (Phi) is 4.24. The second-order valence-corrected chi connectivity index (χ2v) is 4.19. The minimum atomic E-state index is -0.360. The van der Waals surface area contributed by atoms with E-state index in [0.717, 1.165) is 25.9 Å². The lowest BCUT2D eigenvalue weighted by atomic mass is 10.2. The molecule has 17 heavy (non-hydrogen) atoms. The van der Waals surface area contributed by atoms with Gasteiger partial charge in [-0.05, 0) is 19.3 Å². The third-order valence-electron chi connectivity index (χ3n) is 2.95. The second-order valence-electron chi connectivity index (χ2n) is 4.19. The molecule has 0 aromatic heterocycles. The molecule has 0 spiro atoms. The minimum absolute atomic E-state index is 0.0934. The normalized spacial score (nSPS) is 28.9. The fourth-order valence-electron chi connectivity index (χ4n) is 1.98. The van der Waals surface area contributed by atoms with E-state index in [2.05, 4.69) is 5.92 Å². The summed E-state index contributed by atoms with van der Waals surface area (Å²) >= 11 is 0. The summed E-state index contributed by atoms with van der Waals surface area (Å²) in [5, 5.41) is 0. The van der Waals surface area contributed by atoms with Crippen LogP contribution in [0.3, 0.4) is 0 Å². The highest BCUT2D eigenvalue weighted by atomic mass is 16.7. The van der Waals surface area contributed by atoms with E-state index in [1.54, 1.807) is 0 Å². The zero-order valence-electron chi connectivity index (χ0n) is 9.76. The van der Waals surface area contributed by atoms with Crippen molar-refractivity contribution >= 4 is 6.09 Å². The molecule has 0 saturated carbocycles. The first kappa shape index (κ1) is 12.2. The fraction of sp³-hybridized carbons (Fsp3) is 0.750. The van der Waals surface area contributed by atoms with Crippen molar-refractivity contribution < 1.29 is 19.0 Å². The van der Waals surface area contributed by atoms with Crippen LogP contribution < -0.4 is 0 Å². The molecule has 2 heterocycles. The van der Waals surface area contributed by atoms with Gasteiger partial charge in [0.2, 0.25) is 0 Å². The van der Waals surface area contributed by atoms with E-state index in [1.807, 2.05) is 0 Å². The molecule has 0 aromatic carbocycles. The zero-order valence-corrected chi connectivity index (χ0v) is 9.76. The summed E-state index contributed by atoms with van der Waals surface area (Å²) in [7, 11) is 0. The van der Waals surface area contributed by atoms with Crippen LogP contribution in [0.2, 0.25) is 0 Å². The van der Waals surface area contributed by atoms with E-state index < -0.39 is 0 Å². The quantitative estimate of drug-likeness (QED) is 0.686. The molecule has 2 rings (SSSR count). The number of hydrogen-bond acceptors (Lipinski definition) is 4. The van der Waals surface area contributed by atoms with Crippen molar-refractivity contribution in [3.63, 3.8) is 0 Å². The molecule has 0 aromatic rings. The van der Waals surface area contributed by atoms with Gasteiger partial charge >= 0.3 is 6.09 Å². The highest BCUT2D eigenvalue weighted by molar-refractivity contribution is 5.70. The third-order valence-corrected chi connectivity index (χ3v) is 2.95. The fourth-order valence-corrected chi connectivity index (χ4v) is 1.98. The molecule has 2 atom stereocenters. The van der Waals surface area contributed by atoms with Gasteiger partial charge in [0.15, 0.2) is 6.29 Å². The number of nitrogens with zero attached hydrogens (tertiary/aromatic N) is 1. The van der Waals surface area contributed by atoms with Crippen molar-refractivity contribution in [1.82, 2.24) is 4.90 Å². The van der Waals surface area contributed by atoms with Gasteiger partial charge in [-0.3, -0.25) is 4.90 Å². The largest absolute Gasteiger partial charge is 0.447 e. The monoisotopic (exact) mass is 239 g/mol. The standard InChI is InChI=1S/C12H17NO4/c1-2-6-13-10(9-17-12(13)14)8-16-11-5-3-4-7-15-11/h1,10-11H,3-9H2/t10-,11-/m0/s1. The van der Waals surface area contributed by atoms with E-state index in [1.165, 1.54) is 4.90 Å². The lowest BCUT2D eigenvalue weighted by Gasteiger charge is -2.25. The van der Waals surface area contributed by atoms with Crippen molar-refractivity contribution in [3.8, 4) is 12.3 Å². The average molecular weight is 239 g/mol. The SMILES string of the molecule is C#CCN1C(=O)OC[C@@H]1CO[C@H]1CCCCO1. The van der Waals surface area contributed by atoms with Crippen LogP contribution in [0.15, 0.2) is 0 Å². The first-order valence-electron chi connectivity index (χ1n) is 5.91. The number of amides is 1. The van der Waals surface area contributed by atoms with Crippen LogP contribution in [0.1, 0.15) is 19.3 Å². The smallest absolute Gasteiger partial charge is 0.411 e. The van der Waals surface area contributed by atoms with Gasteiger partial charge in [-0.15, -0.1) is 6.42 Å². The molecule has 0 unspecified atom stereocenters. The summed E-state index contributed by atoms with van der Waals surface area (Å²) in [6, 6.07) is -0.0934. The first-order chi connectivity index (χ1) is 8.31. The number of cyclic esters (lactones) is 1.